The highest BCUT2D eigenvalue weighted by molar-refractivity contribution is 6.02. The van der Waals surface area contributed by atoms with Crippen LogP contribution in [0.15, 0.2) is 52.1 Å². The maximum Gasteiger partial charge on any atom is 0.291 e. The summed E-state index contributed by atoms with van der Waals surface area (Å²) in [6.07, 6.45) is 4.00. The second-order valence-electron chi connectivity index (χ2n) is 7.09. The molecule has 0 saturated carbocycles. The van der Waals surface area contributed by atoms with Crippen LogP contribution in [0, 0.1) is 0 Å². The summed E-state index contributed by atoms with van der Waals surface area (Å²) in [5.41, 5.74) is 1.67. The van der Waals surface area contributed by atoms with E-state index in [-0.39, 0.29) is 17.6 Å². The van der Waals surface area contributed by atoms with Crippen LogP contribution in [0.25, 0.3) is 0 Å². The first kappa shape index (κ1) is 21.4. The second kappa shape index (κ2) is 11.0. The smallest absolute Gasteiger partial charge is 0.291 e. The average molecular weight is 412 g/mol. The summed E-state index contributed by atoms with van der Waals surface area (Å²) in [5, 5.41) is 9.37. The number of rotatable bonds is 9. The van der Waals surface area contributed by atoms with Gasteiger partial charge in [-0.1, -0.05) is 12.1 Å². The van der Waals surface area contributed by atoms with E-state index in [0.29, 0.717) is 18.7 Å². The molecule has 1 saturated heterocycles. The van der Waals surface area contributed by atoms with Crippen molar-refractivity contribution in [1.82, 2.24) is 15.5 Å². The van der Waals surface area contributed by atoms with Gasteiger partial charge in [0.25, 0.3) is 5.91 Å². The van der Waals surface area contributed by atoms with Gasteiger partial charge >= 0.3 is 0 Å². The van der Waals surface area contributed by atoms with Crippen LogP contribution in [-0.4, -0.2) is 48.9 Å². The lowest BCUT2D eigenvalue weighted by Gasteiger charge is -2.16. The molecule has 1 aliphatic rings. The number of aliphatic imine (C=N–C) groups is 1. The van der Waals surface area contributed by atoms with E-state index in [9.17, 15) is 9.59 Å². The highest BCUT2D eigenvalue weighted by Gasteiger charge is 2.18. The number of nitrogens with zero attached hydrogens (tertiary/aromatic N) is 2. The Labute approximate surface area is 176 Å². The van der Waals surface area contributed by atoms with Crippen LogP contribution in [0.1, 0.15) is 42.3 Å². The topological polar surface area (TPSA) is 99.0 Å². The van der Waals surface area contributed by atoms with E-state index in [1.807, 2.05) is 36.1 Å². The highest BCUT2D eigenvalue weighted by atomic mass is 16.3. The third-order valence-electron chi connectivity index (χ3n) is 4.76. The van der Waals surface area contributed by atoms with Crippen molar-refractivity contribution < 1.29 is 14.0 Å². The first-order valence-electron chi connectivity index (χ1n) is 10.4. The van der Waals surface area contributed by atoms with Crippen LogP contribution in [0.2, 0.25) is 0 Å². The Bertz CT molecular complexity index is 863. The minimum absolute atomic E-state index is 0.259. The van der Waals surface area contributed by atoms with E-state index in [0.717, 1.165) is 50.5 Å². The van der Waals surface area contributed by atoms with Crippen molar-refractivity contribution >= 4 is 23.5 Å². The number of furan rings is 1. The van der Waals surface area contributed by atoms with Crippen LogP contribution >= 0.6 is 0 Å². The van der Waals surface area contributed by atoms with Crippen molar-refractivity contribution in [3.05, 3.63) is 54.0 Å². The molecule has 8 heteroatoms. The van der Waals surface area contributed by atoms with Crippen molar-refractivity contribution in [2.75, 3.05) is 31.5 Å². The predicted molar refractivity (Wildman–Crippen MR) is 116 cm³/mol. The molecule has 0 aliphatic carbocycles. The molecule has 3 N–H and O–H groups in total. The van der Waals surface area contributed by atoms with Crippen molar-refractivity contribution in [3.63, 3.8) is 0 Å². The largest absolute Gasteiger partial charge is 0.459 e. The molecule has 160 valence electrons. The SMILES string of the molecule is CCNC(=NCc1cccc(NC(=O)c2ccco2)c1)NCCCN1CCCC1=O. The fourth-order valence-corrected chi connectivity index (χ4v) is 3.28. The molecule has 30 heavy (non-hydrogen) atoms. The molecule has 0 spiro atoms. The van der Waals surface area contributed by atoms with E-state index in [2.05, 4.69) is 20.9 Å². The van der Waals surface area contributed by atoms with Gasteiger partial charge in [-0.25, -0.2) is 4.99 Å². The monoisotopic (exact) mass is 411 g/mol. The fourth-order valence-electron chi connectivity index (χ4n) is 3.28. The Morgan fingerprint density at radius 1 is 1.23 bits per heavy atom. The van der Waals surface area contributed by atoms with Gasteiger partial charge in [-0.2, -0.15) is 0 Å². The maximum absolute atomic E-state index is 12.1. The van der Waals surface area contributed by atoms with Crippen molar-refractivity contribution in [2.45, 2.75) is 32.7 Å². The molecule has 8 nitrogen and oxygen atoms in total. The molecule has 0 bridgehead atoms. The molecule has 1 aromatic heterocycles. The zero-order valence-electron chi connectivity index (χ0n) is 17.3. The van der Waals surface area contributed by atoms with E-state index < -0.39 is 0 Å². The lowest BCUT2D eigenvalue weighted by molar-refractivity contribution is -0.127. The zero-order chi connectivity index (χ0) is 21.2. The number of amides is 2. The first-order valence-corrected chi connectivity index (χ1v) is 10.4. The number of guanidine groups is 1. The molecule has 2 heterocycles. The predicted octanol–water partition coefficient (Wildman–Crippen LogP) is 2.60. The lowest BCUT2D eigenvalue weighted by atomic mass is 10.2. The van der Waals surface area contributed by atoms with Crippen LogP contribution < -0.4 is 16.0 Å². The van der Waals surface area contributed by atoms with Gasteiger partial charge in [0.1, 0.15) is 0 Å². The summed E-state index contributed by atoms with van der Waals surface area (Å²) in [4.78, 5) is 30.3. The molecule has 3 rings (SSSR count). The standard InChI is InChI=1S/C22H29N5O3/c1-2-23-22(24-11-6-13-27-12-4-10-20(27)28)25-16-17-7-3-8-18(15-17)26-21(29)19-9-5-14-30-19/h3,5,7-9,14-15H,2,4,6,10-13,16H2,1H3,(H,26,29)(H2,23,24,25). The fraction of sp³-hybridized carbons (Fsp3) is 0.409. The second-order valence-corrected chi connectivity index (χ2v) is 7.09. The summed E-state index contributed by atoms with van der Waals surface area (Å²) in [7, 11) is 0. The van der Waals surface area contributed by atoms with Crippen molar-refractivity contribution in [3.8, 4) is 0 Å². The molecule has 0 radical (unpaired) electrons. The Morgan fingerprint density at radius 3 is 2.87 bits per heavy atom. The van der Waals surface area contributed by atoms with Gasteiger partial charge in [0.05, 0.1) is 12.8 Å². The number of hydrogen-bond acceptors (Lipinski definition) is 4. The van der Waals surface area contributed by atoms with E-state index in [4.69, 9.17) is 4.42 Å². The van der Waals surface area contributed by atoms with E-state index in [1.165, 1.54) is 6.26 Å². The molecular weight excluding hydrogens is 382 g/mol. The number of nitrogens with one attached hydrogen (secondary N) is 3. The van der Waals surface area contributed by atoms with Gasteiger partial charge < -0.3 is 25.3 Å². The summed E-state index contributed by atoms with van der Waals surface area (Å²) >= 11 is 0. The van der Waals surface area contributed by atoms with Gasteiger partial charge in [0.2, 0.25) is 5.91 Å². The minimum Gasteiger partial charge on any atom is -0.459 e. The quantitative estimate of drug-likeness (QED) is 0.335. The van der Waals surface area contributed by atoms with Crippen LogP contribution in [0.3, 0.4) is 0 Å². The van der Waals surface area contributed by atoms with E-state index in [1.54, 1.807) is 12.1 Å². The third kappa shape index (κ3) is 6.37. The number of anilines is 1. The Morgan fingerprint density at radius 2 is 2.13 bits per heavy atom. The first-order chi connectivity index (χ1) is 14.7. The molecule has 1 aromatic carbocycles. The average Bonchev–Trinajstić information content (AvgIpc) is 3.42. The number of hydrogen-bond donors (Lipinski definition) is 3. The number of carbonyl (C=O) groups excluding carboxylic acids is 2. The normalized spacial score (nSPS) is 14.1. The molecule has 0 unspecified atom stereocenters. The zero-order valence-corrected chi connectivity index (χ0v) is 17.3. The molecule has 1 aliphatic heterocycles. The maximum atomic E-state index is 12.1. The minimum atomic E-state index is -0.285. The summed E-state index contributed by atoms with van der Waals surface area (Å²) < 4.78 is 5.12. The van der Waals surface area contributed by atoms with Gasteiger partial charge in [-0.15, -0.1) is 0 Å². The molecule has 2 aromatic rings. The van der Waals surface area contributed by atoms with Crippen LogP contribution in [0.4, 0.5) is 5.69 Å². The number of carbonyl (C=O) groups is 2. The highest BCUT2D eigenvalue weighted by Crippen LogP contribution is 2.13. The number of benzene rings is 1. The van der Waals surface area contributed by atoms with Gasteiger partial charge in [0.15, 0.2) is 11.7 Å². The van der Waals surface area contributed by atoms with E-state index >= 15 is 0 Å². The summed E-state index contributed by atoms with van der Waals surface area (Å²) in [6.45, 7) is 5.66. The summed E-state index contributed by atoms with van der Waals surface area (Å²) in [6, 6.07) is 10.9. The Balaban J connectivity index is 1.49. The van der Waals surface area contributed by atoms with Crippen LogP contribution in [-0.2, 0) is 11.3 Å². The Kier molecular flexibility index (Phi) is 7.88. The molecule has 1 fully saturated rings. The molecular formula is C22H29N5O3. The van der Waals surface area contributed by atoms with Gasteiger partial charge in [0, 0.05) is 38.3 Å². The van der Waals surface area contributed by atoms with Gasteiger partial charge in [-0.3, -0.25) is 9.59 Å². The van der Waals surface area contributed by atoms with Crippen molar-refractivity contribution in [1.29, 1.82) is 0 Å². The molecule has 2 amide bonds. The van der Waals surface area contributed by atoms with Gasteiger partial charge in [-0.05, 0) is 49.6 Å². The molecule has 0 atom stereocenters. The summed E-state index contributed by atoms with van der Waals surface area (Å²) in [5.74, 6) is 0.977. The third-order valence-corrected chi connectivity index (χ3v) is 4.76. The van der Waals surface area contributed by atoms with Crippen LogP contribution in [0.5, 0.6) is 0 Å². The Hall–Kier alpha value is -3.29. The van der Waals surface area contributed by atoms with Crippen molar-refractivity contribution in [2.24, 2.45) is 4.99 Å². The lowest BCUT2D eigenvalue weighted by Crippen LogP contribution is -2.39. The number of likely N-dealkylation sites (tertiary alicyclic amines) is 1.